The van der Waals surface area contributed by atoms with Gasteiger partial charge in [0.2, 0.25) is 0 Å². The number of hydrogen-bond donors (Lipinski definition) is 2. The van der Waals surface area contributed by atoms with Crippen LogP contribution in [-0.4, -0.2) is 22.7 Å². The van der Waals surface area contributed by atoms with E-state index in [0.717, 1.165) is 5.56 Å². The van der Waals surface area contributed by atoms with Crippen molar-refractivity contribution in [2.75, 3.05) is 6.54 Å². The van der Waals surface area contributed by atoms with Gasteiger partial charge in [0.1, 0.15) is 0 Å². The average molecular weight is 342 g/mol. The van der Waals surface area contributed by atoms with Crippen LogP contribution in [0.15, 0.2) is 48.5 Å². The van der Waals surface area contributed by atoms with E-state index in [9.17, 15) is 15.2 Å². The molecular weight excluding hydrogens is 316 g/mol. The molecule has 2 rings (SSSR count). The van der Waals surface area contributed by atoms with Crippen molar-refractivity contribution < 1.29 is 10.0 Å². The van der Waals surface area contributed by atoms with Crippen molar-refractivity contribution in [3.63, 3.8) is 0 Å². The second-order valence-electron chi connectivity index (χ2n) is 6.57. The Morgan fingerprint density at radius 2 is 1.80 bits per heavy atom. The van der Waals surface area contributed by atoms with Gasteiger partial charge in [-0.25, -0.2) is 0 Å². The highest BCUT2D eigenvalue weighted by molar-refractivity contribution is 5.45. The number of nitrogens with one attached hydrogen (secondary N) is 1. The molecule has 2 N–H and O–H groups in total. The van der Waals surface area contributed by atoms with Gasteiger partial charge in [-0.1, -0.05) is 42.5 Å². The first kappa shape index (κ1) is 19.1. The Kier molecular flexibility index (Phi) is 6.67. The van der Waals surface area contributed by atoms with E-state index in [1.54, 1.807) is 19.9 Å². The van der Waals surface area contributed by atoms with Crippen molar-refractivity contribution in [1.82, 2.24) is 5.32 Å². The molecule has 0 saturated carbocycles. The molecule has 3 unspecified atom stereocenters. The monoisotopic (exact) mass is 342 g/mol. The summed E-state index contributed by atoms with van der Waals surface area (Å²) in [7, 11) is 0. The highest BCUT2D eigenvalue weighted by atomic mass is 16.6. The normalized spacial score (nSPS) is 14.7. The largest absolute Gasteiger partial charge is 0.393 e. The zero-order valence-electron chi connectivity index (χ0n) is 15.0. The third-order valence-corrected chi connectivity index (χ3v) is 4.58. The van der Waals surface area contributed by atoms with Gasteiger partial charge in [0.15, 0.2) is 0 Å². The maximum atomic E-state index is 11.1. The van der Waals surface area contributed by atoms with Crippen LogP contribution in [0.25, 0.3) is 0 Å². The average Bonchev–Trinajstić information content (AvgIpc) is 2.58. The van der Waals surface area contributed by atoms with E-state index >= 15 is 0 Å². The molecule has 5 nitrogen and oxygen atoms in total. The molecule has 0 aliphatic rings. The molecule has 2 aromatic rings. The summed E-state index contributed by atoms with van der Waals surface area (Å²) in [6.45, 7) is 6.29. The summed E-state index contributed by atoms with van der Waals surface area (Å²) in [5.41, 5.74) is 2.95. The van der Waals surface area contributed by atoms with Gasteiger partial charge in [0.05, 0.1) is 11.0 Å². The summed E-state index contributed by atoms with van der Waals surface area (Å²) < 4.78 is 0. The molecule has 25 heavy (non-hydrogen) atoms. The fourth-order valence-electron chi connectivity index (χ4n) is 3.21. The predicted molar refractivity (Wildman–Crippen MR) is 99.7 cm³/mol. The predicted octanol–water partition coefficient (Wildman–Crippen LogP) is 4.11. The van der Waals surface area contributed by atoms with Crippen LogP contribution < -0.4 is 5.32 Å². The molecule has 0 fully saturated rings. The summed E-state index contributed by atoms with van der Waals surface area (Å²) >= 11 is 0. The maximum absolute atomic E-state index is 11.1. The van der Waals surface area contributed by atoms with E-state index in [0.29, 0.717) is 18.5 Å². The number of rotatable bonds is 8. The first-order valence-electron chi connectivity index (χ1n) is 8.60. The second kappa shape index (κ2) is 8.74. The Balaban J connectivity index is 2.12. The lowest BCUT2D eigenvalue weighted by Crippen LogP contribution is -2.27. The molecule has 134 valence electrons. The van der Waals surface area contributed by atoms with Crippen molar-refractivity contribution >= 4 is 5.69 Å². The molecule has 0 aliphatic carbocycles. The van der Waals surface area contributed by atoms with E-state index < -0.39 is 0 Å². The van der Waals surface area contributed by atoms with Crippen LogP contribution in [0.3, 0.4) is 0 Å². The van der Waals surface area contributed by atoms with Crippen molar-refractivity contribution in [3.05, 3.63) is 75.3 Å². The highest BCUT2D eigenvalue weighted by Gasteiger charge is 2.19. The second-order valence-corrected chi connectivity index (χ2v) is 6.57. The lowest BCUT2D eigenvalue weighted by Gasteiger charge is -2.23. The number of benzene rings is 2. The summed E-state index contributed by atoms with van der Waals surface area (Å²) in [4.78, 5) is 10.8. The third kappa shape index (κ3) is 5.11. The Morgan fingerprint density at radius 1 is 1.12 bits per heavy atom. The molecule has 0 amide bonds. The number of aliphatic hydroxyl groups is 1. The number of aliphatic hydroxyl groups excluding tert-OH is 1. The summed E-state index contributed by atoms with van der Waals surface area (Å²) in [6.07, 6.45) is 0.277. The Morgan fingerprint density at radius 3 is 2.40 bits per heavy atom. The van der Waals surface area contributed by atoms with Crippen LogP contribution in [0, 0.1) is 17.0 Å². The zero-order valence-corrected chi connectivity index (χ0v) is 15.0. The smallest absolute Gasteiger partial charge is 0.272 e. The van der Waals surface area contributed by atoms with E-state index in [-0.39, 0.29) is 28.7 Å². The quantitative estimate of drug-likeness (QED) is 0.559. The number of nitro benzene ring substituents is 1. The van der Waals surface area contributed by atoms with Crippen LogP contribution in [0.2, 0.25) is 0 Å². The molecule has 2 aromatic carbocycles. The van der Waals surface area contributed by atoms with E-state index in [1.165, 1.54) is 11.6 Å². The van der Waals surface area contributed by atoms with Crippen LogP contribution in [-0.2, 0) is 0 Å². The van der Waals surface area contributed by atoms with E-state index in [4.69, 9.17) is 0 Å². The van der Waals surface area contributed by atoms with Gasteiger partial charge in [0.25, 0.3) is 5.69 Å². The fraction of sp³-hybridized carbons (Fsp3) is 0.400. The van der Waals surface area contributed by atoms with Crippen molar-refractivity contribution in [2.24, 2.45) is 0 Å². The Bertz CT molecular complexity index is 701. The van der Waals surface area contributed by atoms with Gasteiger partial charge in [-0.3, -0.25) is 10.1 Å². The molecule has 3 atom stereocenters. The van der Waals surface area contributed by atoms with Gasteiger partial charge in [0, 0.05) is 24.2 Å². The summed E-state index contributed by atoms with van der Waals surface area (Å²) in [6, 6.07) is 15.3. The molecule has 5 heteroatoms. The summed E-state index contributed by atoms with van der Waals surface area (Å²) in [5, 5.41) is 24.4. The van der Waals surface area contributed by atoms with E-state index in [1.807, 2.05) is 31.2 Å². The van der Waals surface area contributed by atoms with E-state index in [2.05, 4.69) is 17.4 Å². The standard InChI is InChI=1S/C20H26N2O3/c1-14(23)12-18(17-8-5-4-6-9-17)13-21-16(3)19-10-7-11-20(15(19)2)22(24)25/h4-11,14,16,18,21,23H,12-13H2,1-3H3. The molecule has 0 spiro atoms. The van der Waals surface area contributed by atoms with Crippen molar-refractivity contribution in [3.8, 4) is 0 Å². The Labute approximate surface area is 148 Å². The SMILES string of the molecule is Cc1c(C(C)NCC(CC(C)O)c2ccccc2)cccc1[N+](=O)[O-]. The number of hydrogen-bond acceptors (Lipinski definition) is 4. The first-order valence-corrected chi connectivity index (χ1v) is 8.60. The van der Waals surface area contributed by atoms with Crippen LogP contribution >= 0.6 is 0 Å². The van der Waals surface area contributed by atoms with Crippen molar-refractivity contribution in [2.45, 2.75) is 45.3 Å². The lowest BCUT2D eigenvalue weighted by molar-refractivity contribution is -0.385. The fourth-order valence-corrected chi connectivity index (χ4v) is 3.21. The zero-order chi connectivity index (χ0) is 18.4. The third-order valence-electron chi connectivity index (χ3n) is 4.58. The molecule has 0 heterocycles. The van der Waals surface area contributed by atoms with Crippen molar-refractivity contribution in [1.29, 1.82) is 0 Å². The van der Waals surface area contributed by atoms with Crippen LogP contribution in [0.4, 0.5) is 5.69 Å². The molecule has 0 radical (unpaired) electrons. The Hall–Kier alpha value is -2.24. The topological polar surface area (TPSA) is 75.4 Å². The molecule has 0 aliphatic heterocycles. The minimum Gasteiger partial charge on any atom is -0.393 e. The van der Waals surface area contributed by atoms with Gasteiger partial charge >= 0.3 is 0 Å². The molecule has 0 aromatic heterocycles. The summed E-state index contributed by atoms with van der Waals surface area (Å²) in [5.74, 6) is 0.183. The minimum absolute atomic E-state index is 0.0138. The van der Waals surface area contributed by atoms with Crippen LogP contribution in [0.1, 0.15) is 48.9 Å². The highest BCUT2D eigenvalue weighted by Crippen LogP contribution is 2.27. The molecule has 0 saturated heterocycles. The van der Waals surface area contributed by atoms with Gasteiger partial charge < -0.3 is 10.4 Å². The van der Waals surface area contributed by atoms with Gasteiger partial charge in [-0.05, 0) is 44.2 Å². The molecular formula is C20H26N2O3. The first-order chi connectivity index (χ1) is 11.9. The number of nitrogens with zero attached hydrogens (tertiary/aromatic N) is 1. The maximum Gasteiger partial charge on any atom is 0.272 e. The van der Waals surface area contributed by atoms with Gasteiger partial charge in [-0.15, -0.1) is 0 Å². The molecule has 0 bridgehead atoms. The van der Waals surface area contributed by atoms with Gasteiger partial charge in [-0.2, -0.15) is 0 Å². The lowest BCUT2D eigenvalue weighted by atomic mass is 9.92. The number of nitro groups is 1. The van der Waals surface area contributed by atoms with Crippen LogP contribution in [0.5, 0.6) is 0 Å². The minimum atomic E-state index is -0.387.